The molecule has 1 amide bonds. The lowest BCUT2D eigenvalue weighted by Gasteiger charge is -2.10. The Kier molecular flexibility index (Phi) is 7.52. The van der Waals surface area contributed by atoms with Crippen LogP contribution in [0.15, 0.2) is 12.4 Å². The summed E-state index contributed by atoms with van der Waals surface area (Å²) in [5, 5.41) is 5.88. The number of hydrogen-bond donors (Lipinski definition) is 2. The van der Waals surface area contributed by atoms with Crippen LogP contribution in [0.5, 0.6) is 0 Å². The van der Waals surface area contributed by atoms with Gasteiger partial charge in [0, 0.05) is 45.7 Å². The lowest BCUT2D eigenvalue weighted by molar-refractivity contribution is 0.0950. The first-order valence-electron chi connectivity index (χ1n) is 6.61. The van der Waals surface area contributed by atoms with Crippen LogP contribution in [0.1, 0.15) is 16.8 Å². The van der Waals surface area contributed by atoms with Crippen LogP contribution in [-0.4, -0.2) is 68.2 Å². The highest BCUT2D eigenvalue weighted by Gasteiger charge is 2.06. The molecule has 0 fully saturated rings. The van der Waals surface area contributed by atoms with E-state index in [2.05, 4.69) is 20.6 Å². The maximum atomic E-state index is 11.8. The lowest BCUT2D eigenvalue weighted by Crippen LogP contribution is -2.31. The first kappa shape index (κ1) is 16.3. The molecule has 0 atom stereocenters. The Labute approximate surface area is 119 Å². The zero-order valence-electron chi connectivity index (χ0n) is 12.3. The molecule has 0 aliphatic rings. The SMILES string of the molecule is COCCCNc1ncc(C(=O)NCCN(C)C)cn1. The molecule has 7 nitrogen and oxygen atoms in total. The van der Waals surface area contributed by atoms with E-state index in [0.29, 0.717) is 24.7 Å². The van der Waals surface area contributed by atoms with Gasteiger partial charge in [0.1, 0.15) is 0 Å². The Balaban J connectivity index is 2.35. The highest BCUT2D eigenvalue weighted by atomic mass is 16.5. The van der Waals surface area contributed by atoms with Crippen molar-refractivity contribution in [3.05, 3.63) is 18.0 Å². The number of anilines is 1. The van der Waals surface area contributed by atoms with Gasteiger partial charge in [0.25, 0.3) is 5.91 Å². The summed E-state index contributed by atoms with van der Waals surface area (Å²) in [4.78, 5) is 22.0. The molecule has 0 aromatic carbocycles. The fourth-order valence-corrected chi connectivity index (χ4v) is 1.45. The van der Waals surface area contributed by atoms with Gasteiger partial charge in [-0.15, -0.1) is 0 Å². The Bertz CT molecular complexity index is 394. The minimum atomic E-state index is -0.155. The number of rotatable bonds is 9. The lowest BCUT2D eigenvalue weighted by atomic mass is 10.3. The molecule has 0 bridgehead atoms. The van der Waals surface area contributed by atoms with Crippen molar-refractivity contribution in [1.82, 2.24) is 20.2 Å². The summed E-state index contributed by atoms with van der Waals surface area (Å²) in [5.41, 5.74) is 0.464. The normalized spacial score (nSPS) is 10.6. The number of aromatic nitrogens is 2. The van der Waals surface area contributed by atoms with Gasteiger partial charge >= 0.3 is 0 Å². The second-order valence-electron chi connectivity index (χ2n) is 4.63. The fourth-order valence-electron chi connectivity index (χ4n) is 1.45. The number of methoxy groups -OCH3 is 1. The van der Waals surface area contributed by atoms with E-state index in [0.717, 1.165) is 19.5 Å². The number of carbonyl (C=O) groups is 1. The summed E-state index contributed by atoms with van der Waals surface area (Å²) >= 11 is 0. The van der Waals surface area contributed by atoms with Gasteiger partial charge in [-0.1, -0.05) is 0 Å². The van der Waals surface area contributed by atoms with Crippen LogP contribution in [0.4, 0.5) is 5.95 Å². The summed E-state index contributed by atoms with van der Waals surface area (Å²) in [5.74, 6) is 0.365. The molecule has 1 rings (SSSR count). The maximum Gasteiger partial charge on any atom is 0.254 e. The molecule has 0 unspecified atom stereocenters. The van der Waals surface area contributed by atoms with Gasteiger partial charge in [-0.25, -0.2) is 9.97 Å². The topological polar surface area (TPSA) is 79.4 Å². The third-order valence-corrected chi connectivity index (χ3v) is 2.57. The van der Waals surface area contributed by atoms with Gasteiger partial charge in [-0.05, 0) is 20.5 Å². The highest BCUT2D eigenvalue weighted by molar-refractivity contribution is 5.93. The molecule has 20 heavy (non-hydrogen) atoms. The first-order chi connectivity index (χ1) is 9.63. The van der Waals surface area contributed by atoms with Crippen LogP contribution in [0.3, 0.4) is 0 Å². The molecule has 112 valence electrons. The molecular formula is C13H23N5O2. The minimum absolute atomic E-state index is 0.155. The van der Waals surface area contributed by atoms with Gasteiger partial charge in [0.2, 0.25) is 5.95 Å². The molecule has 0 saturated carbocycles. The molecule has 0 radical (unpaired) electrons. The van der Waals surface area contributed by atoms with Crippen LogP contribution in [-0.2, 0) is 4.74 Å². The van der Waals surface area contributed by atoms with Crippen molar-refractivity contribution in [2.45, 2.75) is 6.42 Å². The third kappa shape index (κ3) is 6.44. The number of ether oxygens (including phenoxy) is 1. The average Bonchev–Trinajstić information content (AvgIpc) is 2.44. The largest absolute Gasteiger partial charge is 0.385 e. The molecule has 0 aliphatic carbocycles. The monoisotopic (exact) mass is 281 g/mol. The van der Waals surface area contributed by atoms with Crippen LogP contribution in [0.25, 0.3) is 0 Å². The predicted octanol–water partition coefficient (Wildman–Crippen LogP) is 0.216. The van der Waals surface area contributed by atoms with Crippen LogP contribution >= 0.6 is 0 Å². The van der Waals surface area contributed by atoms with Crippen molar-refractivity contribution in [2.24, 2.45) is 0 Å². The van der Waals surface area contributed by atoms with E-state index in [4.69, 9.17) is 4.74 Å². The number of carbonyl (C=O) groups excluding carboxylic acids is 1. The van der Waals surface area contributed by atoms with Gasteiger partial charge in [-0.3, -0.25) is 4.79 Å². The predicted molar refractivity (Wildman–Crippen MR) is 77.9 cm³/mol. The molecule has 1 aromatic heterocycles. The molecule has 0 saturated heterocycles. The van der Waals surface area contributed by atoms with E-state index < -0.39 is 0 Å². The van der Waals surface area contributed by atoms with Crippen molar-refractivity contribution in [3.63, 3.8) is 0 Å². The van der Waals surface area contributed by atoms with Crippen molar-refractivity contribution in [1.29, 1.82) is 0 Å². The molecular weight excluding hydrogens is 258 g/mol. The highest BCUT2D eigenvalue weighted by Crippen LogP contribution is 2.00. The quantitative estimate of drug-likeness (QED) is 0.630. The summed E-state index contributed by atoms with van der Waals surface area (Å²) in [6.45, 7) is 2.83. The van der Waals surface area contributed by atoms with E-state index in [1.165, 1.54) is 12.4 Å². The fraction of sp³-hybridized carbons (Fsp3) is 0.615. The molecule has 7 heteroatoms. The van der Waals surface area contributed by atoms with E-state index in [1.807, 2.05) is 19.0 Å². The van der Waals surface area contributed by atoms with Gasteiger partial charge in [-0.2, -0.15) is 0 Å². The van der Waals surface area contributed by atoms with Gasteiger partial charge in [0.15, 0.2) is 0 Å². The smallest absolute Gasteiger partial charge is 0.254 e. The van der Waals surface area contributed by atoms with Crippen LogP contribution in [0, 0.1) is 0 Å². The zero-order chi connectivity index (χ0) is 14.8. The number of amides is 1. The number of hydrogen-bond acceptors (Lipinski definition) is 6. The van der Waals surface area contributed by atoms with E-state index in [9.17, 15) is 4.79 Å². The Morgan fingerprint density at radius 3 is 2.60 bits per heavy atom. The molecule has 2 N–H and O–H groups in total. The summed E-state index contributed by atoms with van der Waals surface area (Å²) in [7, 11) is 5.58. The number of likely N-dealkylation sites (N-methyl/N-ethyl adjacent to an activating group) is 1. The minimum Gasteiger partial charge on any atom is -0.385 e. The van der Waals surface area contributed by atoms with Crippen LogP contribution < -0.4 is 10.6 Å². The van der Waals surface area contributed by atoms with Crippen molar-refractivity contribution < 1.29 is 9.53 Å². The van der Waals surface area contributed by atoms with E-state index in [-0.39, 0.29) is 5.91 Å². The molecule has 0 aliphatic heterocycles. The Hall–Kier alpha value is -1.73. The van der Waals surface area contributed by atoms with Crippen molar-refractivity contribution in [3.8, 4) is 0 Å². The maximum absolute atomic E-state index is 11.8. The third-order valence-electron chi connectivity index (χ3n) is 2.57. The second-order valence-corrected chi connectivity index (χ2v) is 4.63. The number of nitrogens with zero attached hydrogens (tertiary/aromatic N) is 3. The van der Waals surface area contributed by atoms with Gasteiger partial charge < -0.3 is 20.3 Å². The van der Waals surface area contributed by atoms with E-state index >= 15 is 0 Å². The summed E-state index contributed by atoms with van der Waals surface area (Å²) in [6.07, 6.45) is 3.93. The average molecular weight is 281 g/mol. The van der Waals surface area contributed by atoms with Crippen molar-refractivity contribution in [2.75, 3.05) is 52.8 Å². The number of nitrogens with one attached hydrogen (secondary N) is 2. The van der Waals surface area contributed by atoms with Crippen molar-refractivity contribution >= 4 is 11.9 Å². The van der Waals surface area contributed by atoms with Crippen LogP contribution in [0.2, 0.25) is 0 Å². The molecule has 0 spiro atoms. The first-order valence-corrected chi connectivity index (χ1v) is 6.61. The summed E-state index contributed by atoms with van der Waals surface area (Å²) < 4.78 is 4.95. The Morgan fingerprint density at radius 1 is 1.30 bits per heavy atom. The summed E-state index contributed by atoms with van der Waals surface area (Å²) in [6, 6.07) is 0. The van der Waals surface area contributed by atoms with E-state index in [1.54, 1.807) is 7.11 Å². The standard InChI is InChI=1S/C13H23N5O2/c1-18(2)7-6-14-12(19)11-9-16-13(17-10-11)15-5-4-8-20-3/h9-10H,4-8H2,1-3H3,(H,14,19)(H,15,16,17). The zero-order valence-corrected chi connectivity index (χ0v) is 12.3. The second kappa shape index (κ2) is 9.22. The Morgan fingerprint density at radius 2 is 2.00 bits per heavy atom. The van der Waals surface area contributed by atoms with Gasteiger partial charge in [0.05, 0.1) is 5.56 Å². The molecule has 1 aromatic rings. The molecule has 1 heterocycles.